The smallest absolute Gasteiger partial charge is 0.330 e. The number of rotatable bonds is 10. The van der Waals surface area contributed by atoms with Gasteiger partial charge in [-0.3, -0.25) is 0 Å². The van der Waals surface area contributed by atoms with Crippen molar-refractivity contribution in [2.45, 2.75) is 17.6 Å². The van der Waals surface area contributed by atoms with Gasteiger partial charge in [0.1, 0.15) is 11.4 Å². The third kappa shape index (κ3) is 7.18. The molecule has 194 valence electrons. The zero-order valence-electron chi connectivity index (χ0n) is 21.0. The van der Waals surface area contributed by atoms with Gasteiger partial charge in [-0.15, -0.1) is 11.8 Å². The predicted molar refractivity (Wildman–Crippen MR) is 155 cm³/mol. The van der Waals surface area contributed by atoms with E-state index in [9.17, 15) is 4.79 Å². The number of methoxy groups -OCH3 is 1. The third-order valence-electron chi connectivity index (χ3n) is 5.65. The normalized spacial score (nSPS) is 10.9. The summed E-state index contributed by atoms with van der Waals surface area (Å²) in [6.45, 7) is 2.03. The average Bonchev–Trinajstić information content (AvgIpc) is 2.93. The van der Waals surface area contributed by atoms with Crippen LogP contribution < -0.4 is 10.1 Å². The molecule has 0 amide bonds. The number of ether oxygens (including phenoxy) is 2. The minimum atomic E-state index is -0.484. The summed E-state index contributed by atoms with van der Waals surface area (Å²) >= 11 is 7.80. The highest BCUT2D eigenvalue weighted by molar-refractivity contribution is 7.98. The van der Waals surface area contributed by atoms with E-state index in [1.165, 1.54) is 24.8 Å². The zero-order chi connectivity index (χ0) is 26.9. The molecule has 0 fully saturated rings. The summed E-state index contributed by atoms with van der Waals surface area (Å²) in [5.41, 5.74) is 4.13. The Labute approximate surface area is 231 Å². The molecule has 38 heavy (non-hydrogen) atoms. The summed E-state index contributed by atoms with van der Waals surface area (Å²) in [4.78, 5) is 13.0. The number of nitrogens with one attached hydrogen (secondary N) is 1. The molecule has 0 aliphatic carbocycles. The van der Waals surface area contributed by atoms with Crippen LogP contribution in [0.1, 0.15) is 18.1 Å². The van der Waals surface area contributed by atoms with Crippen LogP contribution in [-0.2, 0) is 15.3 Å². The Hall–Kier alpha value is -3.74. The molecule has 0 heterocycles. The zero-order valence-corrected chi connectivity index (χ0v) is 22.6. The highest BCUT2D eigenvalue weighted by atomic mass is 35.5. The highest BCUT2D eigenvalue weighted by Gasteiger charge is 2.15. The SMILES string of the molecule is CCOC(=O)/C=C/c1cc(SCc2ccccc2)ccc1Nc1c(F)cc(-c2cccc(Cl)c2)cc1OC. The molecular formula is C31H27ClFNO3S. The van der Waals surface area contributed by atoms with Gasteiger partial charge in [0.15, 0.2) is 5.82 Å². The summed E-state index contributed by atoms with van der Waals surface area (Å²) in [5.74, 6) is 0.197. The van der Waals surface area contributed by atoms with Gasteiger partial charge in [-0.1, -0.05) is 54.1 Å². The van der Waals surface area contributed by atoms with Gasteiger partial charge >= 0.3 is 5.97 Å². The number of carbonyl (C=O) groups excluding carboxylic acids is 1. The van der Waals surface area contributed by atoms with Crippen molar-refractivity contribution in [2.24, 2.45) is 0 Å². The predicted octanol–water partition coefficient (Wildman–Crippen LogP) is 8.77. The van der Waals surface area contributed by atoms with E-state index in [0.717, 1.165) is 16.2 Å². The molecule has 0 aliphatic heterocycles. The Morgan fingerprint density at radius 1 is 1.00 bits per heavy atom. The van der Waals surface area contributed by atoms with Gasteiger partial charge in [-0.25, -0.2) is 9.18 Å². The van der Waals surface area contributed by atoms with Crippen LogP contribution in [0.3, 0.4) is 0 Å². The maximum Gasteiger partial charge on any atom is 0.330 e. The standard InChI is InChI=1S/C31H27ClFNO3S/c1-3-37-30(35)15-12-23-17-26(38-20-21-8-5-4-6-9-21)13-14-28(23)34-31-27(33)18-24(19-29(31)36-2)22-10-7-11-25(32)16-22/h4-19,34H,3,20H2,1-2H3/b15-12+. The monoisotopic (exact) mass is 547 g/mol. The first-order valence-corrected chi connectivity index (χ1v) is 13.4. The largest absolute Gasteiger partial charge is 0.494 e. The van der Waals surface area contributed by atoms with Crippen molar-refractivity contribution in [1.82, 2.24) is 0 Å². The lowest BCUT2D eigenvalue weighted by Crippen LogP contribution is -2.01. The molecular weight excluding hydrogens is 521 g/mol. The van der Waals surface area contributed by atoms with Gasteiger partial charge in [0.2, 0.25) is 0 Å². The van der Waals surface area contributed by atoms with E-state index in [0.29, 0.717) is 27.6 Å². The number of halogens is 2. The third-order valence-corrected chi connectivity index (χ3v) is 6.95. The van der Waals surface area contributed by atoms with Crippen molar-refractivity contribution < 1.29 is 18.7 Å². The van der Waals surface area contributed by atoms with E-state index in [4.69, 9.17) is 21.1 Å². The molecule has 0 unspecified atom stereocenters. The summed E-state index contributed by atoms with van der Waals surface area (Å²) in [5, 5.41) is 3.73. The van der Waals surface area contributed by atoms with Gasteiger partial charge in [-0.05, 0) is 77.7 Å². The Balaban J connectivity index is 1.66. The van der Waals surface area contributed by atoms with Crippen LogP contribution in [0.15, 0.2) is 95.9 Å². The van der Waals surface area contributed by atoms with Crippen LogP contribution in [0.2, 0.25) is 5.02 Å². The van der Waals surface area contributed by atoms with Gasteiger partial charge in [0, 0.05) is 27.4 Å². The number of esters is 1. The number of carbonyl (C=O) groups is 1. The molecule has 4 rings (SSSR count). The molecule has 4 aromatic rings. The van der Waals surface area contributed by atoms with Crippen LogP contribution in [-0.4, -0.2) is 19.7 Å². The van der Waals surface area contributed by atoms with E-state index in [1.807, 2.05) is 48.5 Å². The Morgan fingerprint density at radius 3 is 2.55 bits per heavy atom. The van der Waals surface area contributed by atoms with Crippen molar-refractivity contribution in [1.29, 1.82) is 0 Å². The first kappa shape index (κ1) is 27.3. The lowest BCUT2D eigenvalue weighted by atomic mass is 10.0. The van der Waals surface area contributed by atoms with Crippen molar-refractivity contribution in [3.8, 4) is 16.9 Å². The van der Waals surface area contributed by atoms with Crippen molar-refractivity contribution in [2.75, 3.05) is 19.0 Å². The number of hydrogen-bond donors (Lipinski definition) is 1. The molecule has 7 heteroatoms. The van der Waals surface area contributed by atoms with E-state index in [2.05, 4.69) is 17.4 Å². The molecule has 0 aromatic heterocycles. The van der Waals surface area contributed by atoms with E-state index in [1.54, 1.807) is 43.0 Å². The lowest BCUT2D eigenvalue weighted by molar-refractivity contribution is -0.137. The van der Waals surface area contributed by atoms with Crippen molar-refractivity contribution >= 4 is 46.8 Å². The maximum atomic E-state index is 15.4. The fourth-order valence-corrected chi connectivity index (χ4v) is 4.90. The first-order chi connectivity index (χ1) is 18.5. The van der Waals surface area contributed by atoms with Crippen LogP contribution >= 0.6 is 23.4 Å². The molecule has 0 atom stereocenters. The molecule has 0 radical (unpaired) electrons. The lowest BCUT2D eigenvalue weighted by Gasteiger charge is -2.17. The highest BCUT2D eigenvalue weighted by Crippen LogP contribution is 2.38. The summed E-state index contributed by atoms with van der Waals surface area (Å²) < 4.78 is 26.0. The minimum Gasteiger partial charge on any atom is -0.494 e. The van der Waals surface area contributed by atoms with Gasteiger partial charge in [-0.2, -0.15) is 0 Å². The second kappa shape index (κ2) is 13.2. The molecule has 0 bridgehead atoms. The Bertz CT molecular complexity index is 1440. The molecule has 0 saturated carbocycles. The first-order valence-electron chi connectivity index (χ1n) is 12.0. The molecule has 0 spiro atoms. The number of hydrogen-bond acceptors (Lipinski definition) is 5. The van der Waals surface area contributed by atoms with E-state index < -0.39 is 11.8 Å². The number of anilines is 2. The van der Waals surface area contributed by atoms with Crippen LogP contribution in [0.25, 0.3) is 17.2 Å². The van der Waals surface area contributed by atoms with Gasteiger partial charge < -0.3 is 14.8 Å². The quantitative estimate of drug-likeness (QED) is 0.122. The molecule has 0 aliphatic rings. The van der Waals surface area contributed by atoms with Crippen molar-refractivity contribution in [3.63, 3.8) is 0 Å². The summed E-state index contributed by atoms with van der Waals surface area (Å²) in [6, 6.07) is 26.3. The summed E-state index contributed by atoms with van der Waals surface area (Å²) in [6.07, 6.45) is 3.03. The van der Waals surface area contributed by atoms with Crippen molar-refractivity contribution in [3.05, 3.63) is 113 Å². The van der Waals surface area contributed by atoms with E-state index >= 15 is 4.39 Å². The molecule has 4 nitrogen and oxygen atoms in total. The second-order valence-corrected chi connectivity index (χ2v) is 9.76. The Morgan fingerprint density at radius 2 is 1.82 bits per heavy atom. The fourth-order valence-electron chi connectivity index (χ4n) is 3.80. The molecule has 1 N–H and O–H groups in total. The van der Waals surface area contributed by atoms with E-state index in [-0.39, 0.29) is 12.3 Å². The average molecular weight is 548 g/mol. The van der Waals surface area contributed by atoms with Crippen LogP contribution in [0.5, 0.6) is 5.75 Å². The van der Waals surface area contributed by atoms with Gasteiger partial charge in [0.25, 0.3) is 0 Å². The van der Waals surface area contributed by atoms with Crippen LogP contribution in [0, 0.1) is 5.82 Å². The maximum absolute atomic E-state index is 15.4. The second-order valence-electron chi connectivity index (χ2n) is 8.28. The topological polar surface area (TPSA) is 47.6 Å². The Kier molecular flexibility index (Phi) is 9.46. The summed E-state index contributed by atoms with van der Waals surface area (Å²) in [7, 11) is 1.49. The minimum absolute atomic E-state index is 0.189. The molecule has 4 aromatic carbocycles. The van der Waals surface area contributed by atoms with Gasteiger partial charge in [0.05, 0.1) is 13.7 Å². The molecule has 0 saturated heterocycles. The van der Waals surface area contributed by atoms with Crippen LogP contribution in [0.4, 0.5) is 15.8 Å². The number of benzene rings is 4. The fraction of sp³-hybridized carbons (Fsp3) is 0.129. The number of thioether (sulfide) groups is 1.